The van der Waals surface area contributed by atoms with Gasteiger partial charge >= 0.3 is 0 Å². The van der Waals surface area contributed by atoms with Crippen LogP contribution in [-0.4, -0.2) is 18.6 Å². The van der Waals surface area contributed by atoms with Gasteiger partial charge in [-0.3, -0.25) is 9.59 Å². The van der Waals surface area contributed by atoms with Crippen molar-refractivity contribution in [3.63, 3.8) is 0 Å². The minimum Gasteiger partial charge on any atom is -0.383 e. The highest BCUT2D eigenvalue weighted by Gasteiger charge is 2.21. The van der Waals surface area contributed by atoms with Crippen LogP contribution < -0.4 is 5.32 Å². The summed E-state index contributed by atoms with van der Waals surface area (Å²) in [4.78, 5) is 22.4. The number of ketones is 1. The quantitative estimate of drug-likeness (QED) is 0.669. The number of thiophene rings is 1. The van der Waals surface area contributed by atoms with Gasteiger partial charge in [0.1, 0.15) is 0 Å². The molecule has 4 heteroatoms. The monoisotopic (exact) mass is 181 g/mol. The summed E-state index contributed by atoms with van der Waals surface area (Å²) >= 11 is 1.32. The number of aldehydes is 1. The van der Waals surface area contributed by atoms with Gasteiger partial charge in [-0.15, -0.1) is 11.3 Å². The summed E-state index contributed by atoms with van der Waals surface area (Å²) in [7, 11) is 0. The average Bonchev–Trinajstić information content (AvgIpc) is 2.49. The molecule has 0 amide bonds. The first-order chi connectivity index (χ1) is 5.83. The van der Waals surface area contributed by atoms with Crippen LogP contribution in [0.5, 0.6) is 0 Å². The third-order valence-corrected chi connectivity index (χ3v) is 2.78. The van der Waals surface area contributed by atoms with E-state index in [2.05, 4.69) is 5.32 Å². The molecule has 0 aliphatic carbocycles. The van der Waals surface area contributed by atoms with Crippen molar-refractivity contribution >= 4 is 29.1 Å². The highest BCUT2D eigenvalue weighted by atomic mass is 32.1. The molecule has 12 heavy (non-hydrogen) atoms. The maximum atomic E-state index is 11.3. The first-order valence-electron chi connectivity index (χ1n) is 3.66. The second-order valence-corrected chi connectivity index (χ2v) is 3.52. The summed E-state index contributed by atoms with van der Waals surface area (Å²) in [5.74, 6) is 0.0760. The summed E-state index contributed by atoms with van der Waals surface area (Å²) in [6, 6.07) is 0. The summed E-state index contributed by atoms with van der Waals surface area (Å²) in [6.45, 7) is 0.681. The molecule has 2 heterocycles. The lowest BCUT2D eigenvalue weighted by Crippen LogP contribution is -2.17. The van der Waals surface area contributed by atoms with Gasteiger partial charge < -0.3 is 5.32 Å². The zero-order valence-electron chi connectivity index (χ0n) is 6.29. The van der Waals surface area contributed by atoms with Crippen molar-refractivity contribution in [2.75, 3.05) is 11.9 Å². The smallest absolute Gasteiger partial charge is 0.168 e. The molecule has 0 saturated carbocycles. The Hall–Kier alpha value is -1.16. The summed E-state index contributed by atoms with van der Waals surface area (Å²) in [6.07, 6.45) is 1.24. The van der Waals surface area contributed by atoms with Crippen LogP contribution in [0.3, 0.4) is 0 Å². The van der Waals surface area contributed by atoms with E-state index in [9.17, 15) is 9.59 Å². The van der Waals surface area contributed by atoms with Crippen molar-refractivity contribution in [1.82, 2.24) is 0 Å². The molecule has 0 aromatic carbocycles. The van der Waals surface area contributed by atoms with Crippen molar-refractivity contribution in [1.29, 1.82) is 0 Å². The van der Waals surface area contributed by atoms with Crippen molar-refractivity contribution in [3.8, 4) is 0 Å². The van der Waals surface area contributed by atoms with E-state index in [-0.39, 0.29) is 5.78 Å². The second kappa shape index (κ2) is 2.71. The van der Waals surface area contributed by atoms with E-state index in [1.807, 2.05) is 5.38 Å². The lowest BCUT2D eigenvalue weighted by Gasteiger charge is -2.12. The molecule has 0 radical (unpaired) electrons. The molecule has 0 atom stereocenters. The Kier molecular flexibility index (Phi) is 1.69. The Bertz CT molecular complexity index is 343. The molecular weight excluding hydrogens is 174 g/mol. The zero-order chi connectivity index (χ0) is 8.55. The topological polar surface area (TPSA) is 46.2 Å². The van der Waals surface area contributed by atoms with Gasteiger partial charge in [0.2, 0.25) is 0 Å². The van der Waals surface area contributed by atoms with Crippen LogP contribution in [-0.2, 0) is 0 Å². The van der Waals surface area contributed by atoms with E-state index in [0.29, 0.717) is 23.4 Å². The molecule has 1 aliphatic rings. The van der Waals surface area contributed by atoms with Gasteiger partial charge in [0.25, 0.3) is 0 Å². The minimum absolute atomic E-state index is 0.0760. The third-order valence-electron chi connectivity index (χ3n) is 1.87. The molecule has 0 spiro atoms. The van der Waals surface area contributed by atoms with E-state index >= 15 is 0 Å². The van der Waals surface area contributed by atoms with Gasteiger partial charge in [-0.2, -0.15) is 0 Å². The van der Waals surface area contributed by atoms with Gasteiger partial charge in [0.05, 0.1) is 16.1 Å². The van der Waals surface area contributed by atoms with E-state index in [0.717, 1.165) is 12.0 Å². The number of hydrogen-bond acceptors (Lipinski definition) is 4. The minimum atomic E-state index is 0.0760. The van der Waals surface area contributed by atoms with Crippen molar-refractivity contribution in [3.05, 3.63) is 15.8 Å². The molecule has 0 bridgehead atoms. The standard InChI is InChI=1S/C8H7NO2S/c10-3-7-8-5(4-12-7)9-2-1-6(8)11/h3-4,9H,1-2H2. The average molecular weight is 181 g/mol. The summed E-state index contributed by atoms with van der Waals surface area (Å²) in [5, 5.41) is 4.89. The number of carbonyl (C=O) groups excluding carboxylic acids is 2. The van der Waals surface area contributed by atoms with E-state index < -0.39 is 0 Å². The molecule has 1 aromatic heterocycles. The molecule has 0 saturated heterocycles. The Morgan fingerprint density at radius 2 is 2.42 bits per heavy atom. The highest BCUT2D eigenvalue weighted by molar-refractivity contribution is 7.12. The second-order valence-electron chi connectivity index (χ2n) is 2.61. The van der Waals surface area contributed by atoms with E-state index in [4.69, 9.17) is 0 Å². The van der Waals surface area contributed by atoms with E-state index in [1.54, 1.807) is 0 Å². The van der Waals surface area contributed by atoms with Crippen LogP contribution in [0, 0.1) is 0 Å². The summed E-state index contributed by atoms with van der Waals surface area (Å²) in [5.41, 5.74) is 1.40. The van der Waals surface area contributed by atoms with Crippen molar-refractivity contribution in [2.45, 2.75) is 6.42 Å². The van der Waals surface area contributed by atoms with E-state index in [1.165, 1.54) is 11.3 Å². The number of rotatable bonds is 1. The fraction of sp³-hybridized carbons (Fsp3) is 0.250. The van der Waals surface area contributed by atoms with Gasteiger partial charge in [0.15, 0.2) is 12.1 Å². The fourth-order valence-corrected chi connectivity index (χ4v) is 2.16. The number of fused-ring (bicyclic) bond motifs is 1. The lowest BCUT2D eigenvalue weighted by molar-refractivity contribution is 0.0978. The number of hydrogen-bond donors (Lipinski definition) is 1. The first-order valence-corrected chi connectivity index (χ1v) is 4.54. The van der Waals surface area contributed by atoms with Gasteiger partial charge in [-0.05, 0) is 0 Å². The molecule has 0 fully saturated rings. The number of nitrogens with one attached hydrogen (secondary N) is 1. The molecule has 0 unspecified atom stereocenters. The third kappa shape index (κ3) is 0.956. The van der Waals surface area contributed by atoms with Crippen LogP contribution in [0.1, 0.15) is 26.5 Å². The number of carbonyl (C=O) groups is 2. The predicted molar refractivity (Wildman–Crippen MR) is 47.1 cm³/mol. The van der Waals surface area contributed by atoms with Gasteiger partial charge in [-0.25, -0.2) is 0 Å². The zero-order valence-corrected chi connectivity index (χ0v) is 7.11. The molecular formula is C8H7NO2S. The van der Waals surface area contributed by atoms with Crippen molar-refractivity contribution in [2.24, 2.45) is 0 Å². The Morgan fingerprint density at radius 1 is 1.58 bits per heavy atom. The Balaban J connectivity index is 2.57. The number of anilines is 1. The maximum absolute atomic E-state index is 11.3. The lowest BCUT2D eigenvalue weighted by atomic mass is 10.0. The first kappa shape index (κ1) is 7.49. The fourth-order valence-electron chi connectivity index (χ4n) is 1.31. The molecule has 1 N–H and O–H groups in total. The highest BCUT2D eigenvalue weighted by Crippen LogP contribution is 2.29. The largest absolute Gasteiger partial charge is 0.383 e. The SMILES string of the molecule is O=Cc1scc2c1C(=O)CCN2. The summed E-state index contributed by atoms with van der Waals surface area (Å²) < 4.78 is 0. The molecule has 3 nitrogen and oxygen atoms in total. The van der Waals surface area contributed by atoms with Gasteiger partial charge in [0, 0.05) is 18.3 Å². The number of Topliss-reactive ketones (excluding diaryl/α,β-unsaturated/α-hetero) is 1. The van der Waals surface area contributed by atoms with Crippen molar-refractivity contribution < 1.29 is 9.59 Å². The van der Waals surface area contributed by atoms with Crippen LogP contribution in [0.4, 0.5) is 5.69 Å². The van der Waals surface area contributed by atoms with Crippen LogP contribution in [0.25, 0.3) is 0 Å². The predicted octanol–water partition coefficient (Wildman–Crippen LogP) is 1.56. The maximum Gasteiger partial charge on any atom is 0.168 e. The molecule has 1 aliphatic heterocycles. The molecule has 2 rings (SSSR count). The van der Waals surface area contributed by atoms with Crippen LogP contribution >= 0.6 is 11.3 Å². The molecule has 62 valence electrons. The van der Waals surface area contributed by atoms with Crippen LogP contribution in [0.2, 0.25) is 0 Å². The molecule has 1 aromatic rings. The van der Waals surface area contributed by atoms with Gasteiger partial charge in [-0.1, -0.05) is 0 Å². The Morgan fingerprint density at radius 3 is 3.17 bits per heavy atom. The van der Waals surface area contributed by atoms with Crippen LogP contribution in [0.15, 0.2) is 5.38 Å². The Labute approximate surface area is 73.4 Å². The normalized spacial score (nSPS) is 15.2.